The average Bonchev–Trinajstić information content (AvgIpc) is 2.84. The predicted molar refractivity (Wildman–Crippen MR) is 74.7 cm³/mol. The monoisotopic (exact) mass is 298 g/mol. The first kappa shape index (κ1) is 13.9. The van der Waals surface area contributed by atoms with Gasteiger partial charge in [0.1, 0.15) is 5.51 Å². The van der Waals surface area contributed by atoms with Gasteiger partial charge >= 0.3 is 0 Å². The van der Waals surface area contributed by atoms with Crippen LogP contribution in [0.25, 0.3) is 0 Å². The van der Waals surface area contributed by atoms with Gasteiger partial charge in [-0.3, -0.25) is 4.72 Å². The molecule has 2 rings (SSSR count). The zero-order valence-electron chi connectivity index (χ0n) is 10.5. The van der Waals surface area contributed by atoms with Crippen molar-refractivity contribution in [3.8, 4) is 0 Å². The number of aryl methyl sites for hydroxylation is 1. The van der Waals surface area contributed by atoms with Crippen LogP contribution in [0.3, 0.4) is 0 Å². The van der Waals surface area contributed by atoms with Gasteiger partial charge in [-0.1, -0.05) is 23.5 Å². The van der Waals surface area contributed by atoms with Gasteiger partial charge in [0, 0.05) is 6.54 Å². The van der Waals surface area contributed by atoms with Crippen LogP contribution < -0.4 is 10.0 Å². The fourth-order valence-corrected chi connectivity index (χ4v) is 3.62. The highest BCUT2D eigenvalue weighted by atomic mass is 32.2. The van der Waals surface area contributed by atoms with E-state index in [1.54, 1.807) is 19.1 Å². The van der Waals surface area contributed by atoms with Gasteiger partial charge in [0.2, 0.25) is 5.13 Å². The number of rotatable bonds is 5. The molecule has 0 atom stereocenters. The Kier molecular flexibility index (Phi) is 4.13. The van der Waals surface area contributed by atoms with E-state index in [0.717, 1.165) is 16.9 Å². The summed E-state index contributed by atoms with van der Waals surface area (Å²) >= 11 is 1.14. The molecule has 2 N–H and O–H groups in total. The maximum atomic E-state index is 12.3. The highest BCUT2D eigenvalue weighted by Gasteiger charge is 2.18. The highest BCUT2D eigenvalue weighted by molar-refractivity contribution is 7.93. The Hall–Kier alpha value is -1.51. The minimum Gasteiger partial charge on any atom is -0.316 e. The van der Waals surface area contributed by atoms with Crippen LogP contribution in [0.15, 0.2) is 28.6 Å². The molecule has 2 aromatic rings. The third-order valence-corrected chi connectivity index (χ3v) is 4.72. The minimum atomic E-state index is -3.62. The van der Waals surface area contributed by atoms with Gasteiger partial charge in [0.25, 0.3) is 10.0 Å². The van der Waals surface area contributed by atoms with Crippen LogP contribution in [0.1, 0.15) is 11.1 Å². The number of benzene rings is 1. The normalized spacial score (nSPS) is 11.5. The van der Waals surface area contributed by atoms with Crippen LogP contribution >= 0.6 is 11.3 Å². The SMILES string of the molecule is CNCc1ccc(C)c(S(=O)(=O)Nc2nncs2)c1. The molecule has 0 aliphatic rings. The van der Waals surface area contributed by atoms with Crippen molar-refractivity contribution in [1.29, 1.82) is 0 Å². The van der Waals surface area contributed by atoms with Crippen molar-refractivity contribution in [2.24, 2.45) is 0 Å². The summed E-state index contributed by atoms with van der Waals surface area (Å²) in [5.74, 6) is 0. The molecule has 0 radical (unpaired) electrons. The summed E-state index contributed by atoms with van der Waals surface area (Å²) in [5.41, 5.74) is 3.07. The molecule has 1 heterocycles. The summed E-state index contributed by atoms with van der Waals surface area (Å²) in [6.07, 6.45) is 0. The summed E-state index contributed by atoms with van der Waals surface area (Å²) in [5, 5.41) is 10.5. The van der Waals surface area contributed by atoms with Crippen LogP contribution in [-0.2, 0) is 16.6 Å². The molecule has 0 fully saturated rings. The molecule has 0 aliphatic heterocycles. The van der Waals surface area contributed by atoms with E-state index in [0.29, 0.717) is 12.1 Å². The van der Waals surface area contributed by atoms with Crippen molar-refractivity contribution >= 4 is 26.5 Å². The van der Waals surface area contributed by atoms with Gasteiger partial charge in [0.15, 0.2) is 0 Å². The Balaban J connectivity index is 2.36. The lowest BCUT2D eigenvalue weighted by Gasteiger charge is -2.10. The van der Waals surface area contributed by atoms with Crippen molar-refractivity contribution in [1.82, 2.24) is 15.5 Å². The van der Waals surface area contributed by atoms with Gasteiger partial charge in [-0.2, -0.15) is 0 Å². The standard InChI is InChI=1S/C11H14N4O2S2/c1-8-3-4-9(6-12-2)5-10(8)19(16,17)15-11-14-13-7-18-11/h3-5,7,12H,6H2,1-2H3,(H,14,15). The number of anilines is 1. The number of sulfonamides is 1. The summed E-state index contributed by atoms with van der Waals surface area (Å²) in [6, 6.07) is 5.35. The molecule has 8 heteroatoms. The van der Waals surface area contributed by atoms with Crippen LogP contribution in [0, 0.1) is 6.92 Å². The fourth-order valence-electron chi connectivity index (χ4n) is 1.64. The summed E-state index contributed by atoms with van der Waals surface area (Å²) in [7, 11) is -1.81. The summed E-state index contributed by atoms with van der Waals surface area (Å²) in [4.78, 5) is 0.260. The molecular formula is C11H14N4O2S2. The quantitative estimate of drug-likeness (QED) is 0.871. The molecular weight excluding hydrogens is 284 g/mol. The average molecular weight is 298 g/mol. The number of aromatic nitrogens is 2. The molecule has 1 aromatic heterocycles. The lowest BCUT2D eigenvalue weighted by molar-refractivity contribution is 0.600. The van der Waals surface area contributed by atoms with E-state index in [2.05, 4.69) is 20.2 Å². The Morgan fingerprint density at radius 3 is 2.79 bits per heavy atom. The Bertz CT molecular complexity index is 653. The van der Waals surface area contributed by atoms with Crippen molar-refractivity contribution in [3.05, 3.63) is 34.8 Å². The lowest BCUT2D eigenvalue weighted by atomic mass is 10.1. The van der Waals surface area contributed by atoms with E-state index >= 15 is 0 Å². The van der Waals surface area contributed by atoms with Crippen LogP contribution in [0.4, 0.5) is 5.13 Å². The second-order valence-electron chi connectivity index (χ2n) is 3.98. The summed E-state index contributed by atoms with van der Waals surface area (Å²) < 4.78 is 27.0. The van der Waals surface area contributed by atoms with Crippen molar-refractivity contribution in [2.45, 2.75) is 18.4 Å². The Morgan fingerprint density at radius 2 is 2.16 bits per heavy atom. The molecule has 0 saturated carbocycles. The van der Waals surface area contributed by atoms with Gasteiger partial charge in [-0.05, 0) is 31.2 Å². The van der Waals surface area contributed by atoms with E-state index in [4.69, 9.17) is 0 Å². The molecule has 102 valence electrons. The molecule has 0 unspecified atom stereocenters. The van der Waals surface area contributed by atoms with Crippen LogP contribution in [0.2, 0.25) is 0 Å². The number of nitrogens with one attached hydrogen (secondary N) is 2. The van der Waals surface area contributed by atoms with Gasteiger partial charge in [-0.25, -0.2) is 8.42 Å². The van der Waals surface area contributed by atoms with E-state index in [1.807, 2.05) is 13.1 Å². The molecule has 19 heavy (non-hydrogen) atoms. The van der Waals surface area contributed by atoms with Gasteiger partial charge in [-0.15, -0.1) is 10.2 Å². The van der Waals surface area contributed by atoms with Crippen LogP contribution in [0.5, 0.6) is 0 Å². The van der Waals surface area contributed by atoms with Crippen molar-refractivity contribution < 1.29 is 8.42 Å². The third-order valence-electron chi connectivity index (χ3n) is 2.50. The van der Waals surface area contributed by atoms with Gasteiger partial charge in [0.05, 0.1) is 4.90 Å². The topological polar surface area (TPSA) is 84.0 Å². The smallest absolute Gasteiger partial charge is 0.263 e. The summed E-state index contributed by atoms with van der Waals surface area (Å²) in [6.45, 7) is 2.37. The zero-order valence-corrected chi connectivity index (χ0v) is 12.2. The van der Waals surface area contributed by atoms with E-state index in [1.165, 1.54) is 5.51 Å². The molecule has 0 bridgehead atoms. The second kappa shape index (κ2) is 5.64. The van der Waals surface area contributed by atoms with Gasteiger partial charge < -0.3 is 5.32 Å². The van der Waals surface area contributed by atoms with E-state index < -0.39 is 10.0 Å². The van der Waals surface area contributed by atoms with E-state index in [9.17, 15) is 8.42 Å². The molecule has 0 spiro atoms. The molecule has 0 aliphatic carbocycles. The molecule has 1 aromatic carbocycles. The van der Waals surface area contributed by atoms with Crippen LogP contribution in [-0.4, -0.2) is 25.7 Å². The highest BCUT2D eigenvalue weighted by Crippen LogP contribution is 2.21. The maximum absolute atomic E-state index is 12.3. The largest absolute Gasteiger partial charge is 0.316 e. The number of hydrogen-bond acceptors (Lipinski definition) is 6. The minimum absolute atomic E-state index is 0.260. The lowest BCUT2D eigenvalue weighted by Crippen LogP contribution is -2.15. The Labute approximate surface area is 115 Å². The first-order chi connectivity index (χ1) is 9.03. The first-order valence-electron chi connectivity index (χ1n) is 5.56. The van der Waals surface area contributed by atoms with Crippen molar-refractivity contribution in [3.63, 3.8) is 0 Å². The van der Waals surface area contributed by atoms with E-state index in [-0.39, 0.29) is 10.0 Å². The second-order valence-corrected chi connectivity index (χ2v) is 6.46. The zero-order chi connectivity index (χ0) is 13.9. The molecule has 6 nitrogen and oxygen atoms in total. The first-order valence-corrected chi connectivity index (χ1v) is 7.92. The van der Waals surface area contributed by atoms with Crippen molar-refractivity contribution in [2.75, 3.05) is 11.8 Å². The number of nitrogens with zero attached hydrogens (tertiary/aromatic N) is 2. The molecule has 0 amide bonds. The third kappa shape index (κ3) is 3.28. The maximum Gasteiger partial charge on any atom is 0.263 e. The number of hydrogen-bond donors (Lipinski definition) is 2. The predicted octanol–water partition coefficient (Wildman–Crippen LogP) is 1.37. The molecule has 0 saturated heterocycles. The Morgan fingerprint density at radius 1 is 1.37 bits per heavy atom. The fraction of sp³-hybridized carbons (Fsp3) is 0.273.